The molecule has 1 saturated heterocycles. The van der Waals surface area contributed by atoms with Crippen LogP contribution in [0.3, 0.4) is 0 Å². The minimum absolute atomic E-state index is 0.0253. The number of benzene rings is 2. The summed E-state index contributed by atoms with van der Waals surface area (Å²) in [5, 5.41) is 0.512. The van der Waals surface area contributed by atoms with Gasteiger partial charge in [0.25, 0.3) is 0 Å². The van der Waals surface area contributed by atoms with E-state index in [4.69, 9.17) is 27.9 Å². The molecule has 1 fully saturated rings. The Kier molecular flexibility index (Phi) is 7.41. The minimum Gasteiger partial charge on any atom is -0.461 e. The van der Waals surface area contributed by atoms with Crippen LogP contribution >= 0.6 is 23.2 Å². The van der Waals surface area contributed by atoms with Crippen molar-refractivity contribution in [1.82, 2.24) is 14.3 Å². The molecule has 0 spiro atoms. The van der Waals surface area contributed by atoms with Crippen LogP contribution in [0.25, 0.3) is 11.0 Å². The van der Waals surface area contributed by atoms with Crippen LogP contribution in [0.2, 0.25) is 10.0 Å². The molecule has 1 aliphatic heterocycles. The SMILES string of the molecule is CCOC(=O)c1nc2cc(Cl)c(Cl)cc2nc1N1CCCN(S(=O)(=O)c2ccc(F)cc2F)CC1. The van der Waals surface area contributed by atoms with E-state index in [2.05, 4.69) is 9.97 Å². The second-order valence-corrected chi connectivity index (χ2v) is 10.4. The number of carbonyl (C=O) groups is 1. The summed E-state index contributed by atoms with van der Waals surface area (Å²) in [6.45, 7) is 2.32. The largest absolute Gasteiger partial charge is 0.461 e. The number of hydrogen-bond donors (Lipinski definition) is 0. The normalized spacial score (nSPS) is 15.3. The Morgan fingerprint density at radius 1 is 1.03 bits per heavy atom. The van der Waals surface area contributed by atoms with E-state index < -0.39 is 32.5 Å². The van der Waals surface area contributed by atoms with Crippen molar-refractivity contribution in [2.75, 3.05) is 37.7 Å². The van der Waals surface area contributed by atoms with Crippen LogP contribution in [0.5, 0.6) is 0 Å². The predicted molar refractivity (Wildman–Crippen MR) is 127 cm³/mol. The van der Waals surface area contributed by atoms with Crippen molar-refractivity contribution < 1.29 is 26.7 Å². The number of carbonyl (C=O) groups excluding carboxylic acids is 1. The van der Waals surface area contributed by atoms with E-state index >= 15 is 0 Å². The van der Waals surface area contributed by atoms with Gasteiger partial charge >= 0.3 is 5.97 Å². The third kappa shape index (κ3) is 5.18. The number of ether oxygens (including phenoxy) is 1. The summed E-state index contributed by atoms with van der Waals surface area (Å²) in [7, 11) is -4.21. The van der Waals surface area contributed by atoms with Gasteiger partial charge in [-0.1, -0.05) is 23.2 Å². The topological polar surface area (TPSA) is 92.7 Å². The Labute approximate surface area is 210 Å². The zero-order valence-electron chi connectivity index (χ0n) is 18.5. The lowest BCUT2D eigenvalue weighted by molar-refractivity contribution is 0.0520. The molecule has 0 bridgehead atoms. The van der Waals surface area contributed by atoms with Crippen molar-refractivity contribution in [2.45, 2.75) is 18.2 Å². The highest BCUT2D eigenvalue weighted by molar-refractivity contribution is 7.89. The van der Waals surface area contributed by atoms with Crippen molar-refractivity contribution in [3.63, 3.8) is 0 Å². The van der Waals surface area contributed by atoms with Crippen LogP contribution < -0.4 is 4.90 Å². The lowest BCUT2D eigenvalue weighted by Crippen LogP contribution is -2.36. The maximum absolute atomic E-state index is 14.2. The fourth-order valence-corrected chi connectivity index (χ4v) is 5.60. The molecule has 8 nitrogen and oxygen atoms in total. The first-order chi connectivity index (χ1) is 16.6. The highest BCUT2D eigenvalue weighted by Gasteiger charge is 2.31. The van der Waals surface area contributed by atoms with Gasteiger partial charge in [-0.2, -0.15) is 4.31 Å². The standard InChI is InChI=1S/C22H20Cl2F2N4O4S/c1-2-34-22(31)20-21(28-18-12-15(24)14(23)11-17(18)27-20)29-6-3-7-30(9-8-29)35(32,33)19-5-4-13(25)10-16(19)26/h4-5,10-12H,2-3,6-9H2,1H3. The Balaban J connectivity index is 1.68. The van der Waals surface area contributed by atoms with Gasteiger partial charge in [0.15, 0.2) is 11.5 Å². The highest BCUT2D eigenvalue weighted by atomic mass is 35.5. The molecular formula is C22H20Cl2F2N4O4S. The summed E-state index contributed by atoms with van der Waals surface area (Å²) < 4.78 is 59.8. The molecule has 1 aliphatic rings. The van der Waals surface area contributed by atoms with Crippen molar-refractivity contribution in [1.29, 1.82) is 0 Å². The van der Waals surface area contributed by atoms with Crippen molar-refractivity contribution in [3.05, 3.63) is 57.7 Å². The van der Waals surface area contributed by atoms with E-state index in [0.29, 0.717) is 30.1 Å². The van der Waals surface area contributed by atoms with Crippen molar-refractivity contribution in [2.24, 2.45) is 0 Å². The molecule has 0 unspecified atom stereocenters. The number of aromatic nitrogens is 2. The summed E-state index contributed by atoms with van der Waals surface area (Å²) in [4.78, 5) is 22.8. The van der Waals surface area contributed by atoms with Crippen LogP contribution in [0, 0.1) is 11.6 Å². The van der Waals surface area contributed by atoms with Crippen LogP contribution in [-0.2, 0) is 14.8 Å². The van der Waals surface area contributed by atoms with Crippen LogP contribution in [0.4, 0.5) is 14.6 Å². The molecule has 186 valence electrons. The zero-order valence-corrected chi connectivity index (χ0v) is 20.8. The second kappa shape index (κ2) is 10.2. The van der Waals surface area contributed by atoms with Crippen molar-refractivity contribution in [3.8, 4) is 0 Å². The lowest BCUT2D eigenvalue weighted by Gasteiger charge is -2.24. The molecular weight excluding hydrogens is 525 g/mol. The lowest BCUT2D eigenvalue weighted by atomic mass is 10.2. The van der Waals surface area contributed by atoms with E-state index in [9.17, 15) is 22.0 Å². The number of fused-ring (bicyclic) bond motifs is 1. The molecule has 2 heterocycles. The fourth-order valence-electron chi connectivity index (χ4n) is 3.77. The number of anilines is 1. The summed E-state index contributed by atoms with van der Waals surface area (Å²) in [6.07, 6.45) is 0.353. The van der Waals surface area contributed by atoms with Crippen LogP contribution in [0.15, 0.2) is 35.2 Å². The first kappa shape index (κ1) is 25.5. The van der Waals surface area contributed by atoms with Gasteiger partial charge in [-0.05, 0) is 37.6 Å². The summed E-state index contributed by atoms with van der Waals surface area (Å²) in [5.41, 5.74) is 0.695. The molecule has 0 amide bonds. The molecule has 2 aromatic carbocycles. The molecule has 0 atom stereocenters. The quantitative estimate of drug-likeness (QED) is 0.442. The summed E-state index contributed by atoms with van der Waals surface area (Å²) >= 11 is 12.2. The maximum Gasteiger partial charge on any atom is 0.360 e. The smallest absolute Gasteiger partial charge is 0.360 e. The van der Waals surface area contributed by atoms with Gasteiger partial charge in [0.05, 0.1) is 27.7 Å². The summed E-state index contributed by atoms with van der Waals surface area (Å²) in [6, 6.07) is 5.35. The molecule has 4 rings (SSSR count). The molecule has 13 heteroatoms. The zero-order chi connectivity index (χ0) is 25.3. The number of rotatable bonds is 5. The molecule has 0 N–H and O–H groups in total. The molecule has 0 aliphatic carbocycles. The summed E-state index contributed by atoms with van der Waals surface area (Å²) in [5.74, 6) is -2.51. The molecule has 0 radical (unpaired) electrons. The first-order valence-electron chi connectivity index (χ1n) is 10.7. The fraction of sp³-hybridized carbons (Fsp3) is 0.318. The number of esters is 1. The Hall–Kier alpha value is -2.60. The van der Waals surface area contributed by atoms with Crippen molar-refractivity contribution >= 4 is 56.0 Å². The Morgan fingerprint density at radius 2 is 1.71 bits per heavy atom. The van der Waals surface area contributed by atoms with Gasteiger partial charge in [-0.25, -0.2) is 32.0 Å². The third-order valence-electron chi connectivity index (χ3n) is 5.42. The first-order valence-corrected chi connectivity index (χ1v) is 12.9. The van der Waals surface area contributed by atoms with Gasteiger partial charge in [-0.15, -0.1) is 0 Å². The van der Waals surface area contributed by atoms with E-state index in [-0.39, 0.29) is 47.8 Å². The number of sulfonamides is 1. The van der Waals surface area contributed by atoms with Gasteiger partial charge in [0, 0.05) is 32.2 Å². The molecule has 3 aromatic rings. The molecule has 1 aromatic heterocycles. The van der Waals surface area contributed by atoms with Gasteiger partial charge < -0.3 is 9.64 Å². The average molecular weight is 545 g/mol. The number of halogens is 4. The Bertz CT molecular complexity index is 1410. The molecule has 0 saturated carbocycles. The maximum atomic E-state index is 14.2. The highest BCUT2D eigenvalue weighted by Crippen LogP contribution is 2.30. The van der Waals surface area contributed by atoms with E-state index in [1.165, 1.54) is 12.1 Å². The monoisotopic (exact) mass is 544 g/mol. The Morgan fingerprint density at radius 3 is 2.37 bits per heavy atom. The number of nitrogens with zero attached hydrogens (tertiary/aromatic N) is 4. The van der Waals surface area contributed by atoms with E-state index in [1.807, 2.05) is 0 Å². The average Bonchev–Trinajstić information content (AvgIpc) is 3.06. The predicted octanol–water partition coefficient (Wildman–Crippen LogP) is 4.29. The third-order valence-corrected chi connectivity index (χ3v) is 8.08. The van der Waals surface area contributed by atoms with Gasteiger partial charge in [0.2, 0.25) is 10.0 Å². The van der Waals surface area contributed by atoms with Crippen LogP contribution in [0.1, 0.15) is 23.8 Å². The molecule has 35 heavy (non-hydrogen) atoms. The van der Waals surface area contributed by atoms with Gasteiger partial charge in [0.1, 0.15) is 16.5 Å². The van der Waals surface area contributed by atoms with Gasteiger partial charge in [-0.3, -0.25) is 0 Å². The number of hydrogen-bond acceptors (Lipinski definition) is 7. The van der Waals surface area contributed by atoms with E-state index in [1.54, 1.807) is 11.8 Å². The minimum atomic E-state index is -4.21. The second-order valence-electron chi connectivity index (χ2n) is 7.69. The van der Waals surface area contributed by atoms with Crippen LogP contribution in [-0.4, -0.2) is 61.4 Å². The van der Waals surface area contributed by atoms with E-state index in [0.717, 1.165) is 16.4 Å².